The van der Waals surface area contributed by atoms with Crippen molar-refractivity contribution in [2.24, 2.45) is 5.92 Å². The number of imide groups is 2. The Kier molecular flexibility index (Phi) is 5.20. The van der Waals surface area contributed by atoms with E-state index in [-0.39, 0.29) is 30.9 Å². The lowest BCUT2D eigenvalue weighted by atomic mass is 9.97. The van der Waals surface area contributed by atoms with Crippen LogP contribution in [-0.4, -0.2) is 57.7 Å². The van der Waals surface area contributed by atoms with Crippen molar-refractivity contribution in [2.45, 2.75) is 26.2 Å². The first-order chi connectivity index (χ1) is 11.8. The van der Waals surface area contributed by atoms with E-state index >= 15 is 0 Å². The van der Waals surface area contributed by atoms with E-state index in [0.29, 0.717) is 0 Å². The van der Waals surface area contributed by atoms with Gasteiger partial charge in [0.25, 0.3) is 17.7 Å². The van der Waals surface area contributed by atoms with Crippen LogP contribution < -0.4 is 0 Å². The van der Waals surface area contributed by atoms with Crippen molar-refractivity contribution in [1.82, 2.24) is 9.96 Å². The molecule has 0 bridgehead atoms. The van der Waals surface area contributed by atoms with Crippen molar-refractivity contribution >= 4 is 41.2 Å². The van der Waals surface area contributed by atoms with Gasteiger partial charge in [0.15, 0.2) is 11.7 Å². The lowest BCUT2D eigenvalue weighted by molar-refractivity contribution is -0.198. The number of hydrogen-bond donors (Lipinski definition) is 0. The third-order valence-corrected chi connectivity index (χ3v) is 3.61. The molecule has 0 aliphatic carbocycles. The van der Waals surface area contributed by atoms with E-state index in [2.05, 4.69) is 4.84 Å². The van der Waals surface area contributed by atoms with Crippen LogP contribution in [0.5, 0.6) is 0 Å². The summed E-state index contributed by atoms with van der Waals surface area (Å²) in [6.07, 6.45) is 1.77. The molecule has 0 N–H and O–H groups in total. The molecule has 1 fully saturated rings. The van der Waals surface area contributed by atoms with Crippen molar-refractivity contribution in [3.63, 3.8) is 0 Å². The number of ketones is 2. The number of nitrogens with zero attached hydrogens (tertiary/aromatic N) is 2. The number of carbonyl (C=O) groups is 7. The molecule has 1 atom stereocenters. The second-order valence-corrected chi connectivity index (χ2v) is 5.28. The zero-order valence-corrected chi connectivity index (χ0v) is 13.2. The van der Waals surface area contributed by atoms with Gasteiger partial charge in [-0.15, -0.1) is 0 Å². The SMILES string of the molecule is CCC(=O)ON1C(=O)C(=O)C(C(=O)CCCN2C(=O)C=CC2=O)C1=O. The van der Waals surface area contributed by atoms with E-state index in [0.717, 1.165) is 17.1 Å². The fourth-order valence-corrected chi connectivity index (χ4v) is 2.30. The predicted octanol–water partition coefficient (Wildman–Crippen LogP) is -1.32. The van der Waals surface area contributed by atoms with Crippen molar-refractivity contribution in [3.05, 3.63) is 12.2 Å². The van der Waals surface area contributed by atoms with Crippen molar-refractivity contribution in [1.29, 1.82) is 0 Å². The normalized spacial score (nSPS) is 20.0. The highest BCUT2D eigenvalue weighted by molar-refractivity contribution is 6.52. The number of Topliss-reactive ketones (excluding diaryl/α,β-unsaturated/α-hetero) is 2. The van der Waals surface area contributed by atoms with Crippen molar-refractivity contribution in [3.8, 4) is 0 Å². The summed E-state index contributed by atoms with van der Waals surface area (Å²) in [7, 11) is 0. The molecule has 0 aromatic rings. The van der Waals surface area contributed by atoms with Gasteiger partial charge in [-0.3, -0.25) is 33.7 Å². The van der Waals surface area contributed by atoms with Crippen LogP contribution in [0.25, 0.3) is 0 Å². The zero-order valence-electron chi connectivity index (χ0n) is 13.2. The maximum Gasteiger partial charge on any atom is 0.332 e. The van der Waals surface area contributed by atoms with Crippen LogP contribution in [0.4, 0.5) is 0 Å². The van der Waals surface area contributed by atoms with E-state index in [1.165, 1.54) is 6.92 Å². The predicted molar refractivity (Wildman–Crippen MR) is 76.8 cm³/mol. The molecular weight excluding hydrogens is 336 g/mol. The molecule has 0 aromatic heterocycles. The Balaban J connectivity index is 1.94. The monoisotopic (exact) mass is 350 g/mol. The van der Waals surface area contributed by atoms with Gasteiger partial charge in [-0.1, -0.05) is 12.0 Å². The first-order valence-corrected chi connectivity index (χ1v) is 7.47. The van der Waals surface area contributed by atoms with Gasteiger partial charge < -0.3 is 4.84 Å². The molecule has 0 spiro atoms. The standard InChI is InChI=1S/C15H14N2O8/c1-2-11(21)25-17-14(23)12(13(22)15(17)24)8(18)4-3-7-16-9(19)5-6-10(16)20/h5-6,12H,2-4,7H2,1H3. The minimum atomic E-state index is -1.86. The highest BCUT2D eigenvalue weighted by Crippen LogP contribution is 2.20. The number of hydrogen-bond acceptors (Lipinski definition) is 8. The summed E-state index contributed by atoms with van der Waals surface area (Å²) < 4.78 is 0. The molecule has 0 aromatic carbocycles. The summed E-state index contributed by atoms with van der Waals surface area (Å²) in [5.74, 6) is -8.49. The van der Waals surface area contributed by atoms with E-state index < -0.39 is 47.1 Å². The lowest BCUT2D eigenvalue weighted by Gasteiger charge is -2.14. The smallest absolute Gasteiger partial charge is 0.330 e. The Morgan fingerprint density at radius 1 is 1.08 bits per heavy atom. The van der Waals surface area contributed by atoms with Crippen LogP contribution in [0, 0.1) is 5.92 Å². The van der Waals surface area contributed by atoms with Gasteiger partial charge in [-0.2, -0.15) is 0 Å². The first-order valence-electron chi connectivity index (χ1n) is 7.47. The van der Waals surface area contributed by atoms with Crippen molar-refractivity contribution < 1.29 is 38.4 Å². The number of rotatable bonds is 7. The van der Waals surface area contributed by atoms with Gasteiger partial charge >= 0.3 is 11.9 Å². The molecule has 2 rings (SSSR count). The van der Waals surface area contributed by atoms with Crippen LogP contribution >= 0.6 is 0 Å². The van der Waals surface area contributed by atoms with Gasteiger partial charge in [0, 0.05) is 31.5 Å². The zero-order chi connectivity index (χ0) is 18.7. The molecule has 1 unspecified atom stereocenters. The summed E-state index contributed by atoms with van der Waals surface area (Å²) >= 11 is 0. The second-order valence-electron chi connectivity index (χ2n) is 5.28. The molecule has 0 radical (unpaired) electrons. The lowest BCUT2D eigenvalue weighted by Crippen LogP contribution is -2.35. The van der Waals surface area contributed by atoms with Crippen LogP contribution in [0.2, 0.25) is 0 Å². The number of amides is 4. The maximum atomic E-state index is 12.1. The van der Waals surface area contributed by atoms with E-state index in [9.17, 15) is 33.6 Å². The number of hydroxylamine groups is 2. The first kappa shape index (κ1) is 18.2. The van der Waals surface area contributed by atoms with Gasteiger partial charge in [0.2, 0.25) is 5.78 Å². The molecule has 4 amide bonds. The fraction of sp³-hybridized carbons (Fsp3) is 0.400. The maximum absolute atomic E-state index is 12.1. The van der Waals surface area contributed by atoms with E-state index in [1.807, 2.05) is 0 Å². The molecule has 2 aliphatic rings. The summed E-state index contributed by atoms with van der Waals surface area (Å²) in [5.41, 5.74) is 0. The minimum absolute atomic E-state index is 0.00811. The molecule has 1 saturated heterocycles. The Morgan fingerprint density at radius 2 is 1.68 bits per heavy atom. The topological polar surface area (TPSA) is 135 Å². The second kappa shape index (κ2) is 7.16. The summed E-state index contributed by atoms with van der Waals surface area (Å²) in [5, 5.41) is 0.00811. The van der Waals surface area contributed by atoms with Crippen LogP contribution in [0.3, 0.4) is 0 Å². The van der Waals surface area contributed by atoms with Gasteiger partial charge in [-0.05, 0) is 6.42 Å². The third kappa shape index (κ3) is 3.52. The molecule has 132 valence electrons. The third-order valence-electron chi connectivity index (χ3n) is 3.61. The molecule has 0 saturated carbocycles. The summed E-state index contributed by atoms with van der Waals surface area (Å²) in [6, 6.07) is 0. The average Bonchev–Trinajstić information content (AvgIpc) is 3.00. The molecule has 10 heteroatoms. The van der Waals surface area contributed by atoms with E-state index in [4.69, 9.17) is 0 Å². The average molecular weight is 350 g/mol. The summed E-state index contributed by atoms with van der Waals surface area (Å²) in [6.45, 7) is 1.36. The molecule has 25 heavy (non-hydrogen) atoms. The molecular formula is C15H14N2O8. The van der Waals surface area contributed by atoms with Crippen LogP contribution in [0.15, 0.2) is 12.2 Å². The Bertz CT molecular complexity index is 705. The van der Waals surface area contributed by atoms with E-state index in [1.54, 1.807) is 0 Å². The van der Waals surface area contributed by atoms with Gasteiger partial charge in [0.1, 0.15) is 0 Å². The highest BCUT2D eigenvalue weighted by Gasteiger charge is 2.52. The largest absolute Gasteiger partial charge is 0.332 e. The quantitative estimate of drug-likeness (QED) is 0.313. The van der Waals surface area contributed by atoms with Crippen LogP contribution in [-0.2, 0) is 38.4 Å². The molecule has 2 heterocycles. The Hall–Kier alpha value is -3.17. The van der Waals surface area contributed by atoms with Gasteiger partial charge in [0.05, 0.1) is 0 Å². The number of carbonyl (C=O) groups excluding carboxylic acids is 7. The molecule has 10 nitrogen and oxygen atoms in total. The minimum Gasteiger partial charge on any atom is -0.330 e. The van der Waals surface area contributed by atoms with Gasteiger partial charge in [-0.25, -0.2) is 4.79 Å². The fourth-order valence-electron chi connectivity index (χ4n) is 2.30. The molecule has 2 aliphatic heterocycles. The Morgan fingerprint density at radius 3 is 2.24 bits per heavy atom. The van der Waals surface area contributed by atoms with Crippen LogP contribution in [0.1, 0.15) is 26.2 Å². The Labute approximate surface area is 141 Å². The highest BCUT2D eigenvalue weighted by atomic mass is 16.7. The summed E-state index contributed by atoms with van der Waals surface area (Å²) in [4.78, 5) is 86.8. The van der Waals surface area contributed by atoms with Crippen molar-refractivity contribution in [2.75, 3.05) is 6.54 Å².